The average Bonchev–Trinajstić information content (AvgIpc) is 3.04. The molecular weight excluding hydrogens is 552 g/mol. The molecule has 0 radical (unpaired) electrons. The largest absolute Gasteiger partial charge is 0.237 e. The highest BCUT2D eigenvalue weighted by Gasteiger charge is 2.33. The van der Waals surface area contributed by atoms with Gasteiger partial charge in [-0.15, -0.1) is 0 Å². The Morgan fingerprint density at radius 3 is 0.778 bits per heavy atom. The van der Waals surface area contributed by atoms with Gasteiger partial charge in [-0.25, -0.2) is 9.59 Å². The van der Waals surface area contributed by atoms with Gasteiger partial charge in [-0.3, -0.25) is 0 Å². The van der Waals surface area contributed by atoms with Gasteiger partial charge in [0.2, 0.25) is 12.2 Å². The van der Waals surface area contributed by atoms with Gasteiger partial charge in [-0.05, 0) is 12.8 Å². The van der Waals surface area contributed by atoms with Crippen LogP contribution in [0.15, 0.2) is 9.98 Å². The first-order valence-electron chi connectivity index (χ1n) is 20.3. The second-order valence-electron chi connectivity index (χ2n) is 14.6. The first-order valence-corrected chi connectivity index (χ1v) is 20.3. The Balaban J connectivity index is 3.97. The predicted octanol–water partition coefficient (Wildman–Crippen LogP) is 14.3. The van der Waals surface area contributed by atoms with E-state index in [1.54, 1.807) is 12.2 Å². The summed E-state index contributed by atoms with van der Waals surface area (Å²) < 4.78 is 0. The van der Waals surface area contributed by atoms with Crippen molar-refractivity contribution in [3.8, 4) is 0 Å². The van der Waals surface area contributed by atoms with Crippen LogP contribution in [0.5, 0.6) is 0 Å². The van der Waals surface area contributed by atoms with Crippen molar-refractivity contribution in [2.45, 2.75) is 245 Å². The van der Waals surface area contributed by atoms with Crippen LogP contribution in [0.2, 0.25) is 0 Å². The van der Waals surface area contributed by atoms with Crippen LogP contribution in [-0.2, 0) is 9.59 Å². The highest BCUT2D eigenvalue weighted by molar-refractivity contribution is 5.37. The van der Waals surface area contributed by atoms with E-state index in [-0.39, 0.29) is 5.41 Å². The molecular formula is C41H78N2O2. The summed E-state index contributed by atoms with van der Waals surface area (Å²) in [5, 5.41) is 0. The summed E-state index contributed by atoms with van der Waals surface area (Å²) >= 11 is 0. The van der Waals surface area contributed by atoms with Crippen LogP contribution < -0.4 is 0 Å². The molecule has 0 unspecified atom stereocenters. The van der Waals surface area contributed by atoms with Gasteiger partial charge >= 0.3 is 0 Å². The zero-order valence-corrected chi connectivity index (χ0v) is 30.8. The Morgan fingerprint density at radius 1 is 0.378 bits per heavy atom. The van der Waals surface area contributed by atoms with Gasteiger partial charge in [0.25, 0.3) is 0 Å². The lowest BCUT2D eigenvalue weighted by molar-refractivity contribution is 0.203. The van der Waals surface area contributed by atoms with Crippen molar-refractivity contribution < 1.29 is 9.59 Å². The smallest absolute Gasteiger partial charge is 0.211 e. The van der Waals surface area contributed by atoms with Gasteiger partial charge in [-0.2, -0.15) is 9.98 Å². The highest BCUT2D eigenvalue weighted by atomic mass is 16.1. The van der Waals surface area contributed by atoms with E-state index in [0.717, 1.165) is 25.7 Å². The van der Waals surface area contributed by atoms with Gasteiger partial charge in [-0.1, -0.05) is 226 Å². The third kappa shape index (κ3) is 29.9. The number of nitrogens with zero attached hydrogens (tertiary/aromatic N) is 2. The van der Waals surface area contributed by atoms with E-state index in [4.69, 9.17) is 0 Å². The summed E-state index contributed by atoms with van der Waals surface area (Å²) in [6.45, 7) is 6.73. The van der Waals surface area contributed by atoms with Crippen LogP contribution in [0, 0.1) is 5.41 Å². The zero-order valence-electron chi connectivity index (χ0n) is 30.8. The first kappa shape index (κ1) is 43.8. The van der Waals surface area contributed by atoms with Gasteiger partial charge in [0.15, 0.2) is 6.17 Å². The molecule has 0 atom stereocenters. The number of unbranched alkanes of at least 4 members (excludes halogenated alkanes) is 30. The highest BCUT2D eigenvalue weighted by Crippen LogP contribution is 2.37. The number of carbonyl (C=O) groups excluding carboxylic acids is 2. The molecule has 264 valence electrons. The molecule has 0 fully saturated rings. The topological polar surface area (TPSA) is 58.9 Å². The van der Waals surface area contributed by atoms with Crippen LogP contribution in [0.1, 0.15) is 239 Å². The monoisotopic (exact) mass is 631 g/mol. The van der Waals surface area contributed by atoms with Gasteiger partial charge < -0.3 is 0 Å². The van der Waals surface area contributed by atoms with E-state index in [2.05, 4.69) is 30.8 Å². The molecule has 0 aliphatic rings. The molecule has 0 N–H and O–H groups in total. The Morgan fingerprint density at radius 2 is 0.578 bits per heavy atom. The van der Waals surface area contributed by atoms with Crippen LogP contribution in [-0.4, -0.2) is 18.3 Å². The average molecular weight is 631 g/mol. The number of isocyanates is 2. The quantitative estimate of drug-likeness (QED) is 0.0389. The predicted molar refractivity (Wildman–Crippen MR) is 196 cm³/mol. The molecule has 0 heterocycles. The summed E-state index contributed by atoms with van der Waals surface area (Å²) in [7, 11) is 0. The fourth-order valence-corrected chi connectivity index (χ4v) is 6.98. The van der Waals surface area contributed by atoms with Crippen LogP contribution in [0.3, 0.4) is 0 Å². The minimum absolute atomic E-state index is 0.263. The Bertz CT molecular complexity index is 642. The molecule has 0 saturated carbocycles. The summed E-state index contributed by atoms with van der Waals surface area (Å²) in [5.74, 6) is 0. The molecule has 0 aliphatic carbocycles. The second-order valence-corrected chi connectivity index (χ2v) is 14.6. The van der Waals surface area contributed by atoms with Crippen molar-refractivity contribution in [2.24, 2.45) is 15.4 Å². The van der Waals surface area contributed by atoms with Crippen LogP contribution in [0.4, 0.5) is 0 Å². The van der Waals surface area contributed by atoms with E-state index < -0.39 is 6.17 Å². The molecule has 0 aromatic heterocycles. The molecule has 0 amide bonds. The SMILES string of the molecule is CCCCCCCCCCCCCCCCCCC(C)(CCCCCCCCCCCCCCCCCC)C(N=C=O)N=C=O. The fourth-order valence-electron chi connectivity index (χ4n) is 6.98. The van der Waals surface area contributed by atoms with E-state index >= 15 is 0 Å². The van der Waals surface area contributed by atoms with Gasteiger partial charge in [0, 0.05) is 5.41 Å². The number of hydrogen-bond acceptors (Lipinski definition) is 4. The number of aliphatic imine (C=N–C) groups is 2. The molecule has 0 aromatic carbocycles. The lowest BCUT2D eigenvalue weighted by atomic mass is 9.77. The maximum Gasteiger partial charge on any atom is 0.237 e. The van der Waals surface area contributed by atoms with E-state index in [1.807, 2.05) is 0 Å². The second kappa shape index (κ2) is 35.6. The van der Waals surface area contributed by atoms with Gasteiger partial charge in [0.05, 0.1) is 0 Å². The van der Waals surface area contributed by atoms with Gasteiger partial charge in [0.1, 0.15) is 0 Å². The van der Waals surface area contributed by atoms with Crippen LogP contribution in [0.25, 0.3) is 0 Å². The minimum Gasteiger partial charge on any atom is -0.211 e. The van der Waals surface area contributed by atoms with E-state index in [0.29, 0.717) is 0 Å². The van der Waals surface area contributed by atoms with Crippen molar-refractivity contribution in [1.82, 2.24) is 0 Å². The van der Waals surface area contributed by atoms with Crippen molar-refractivity contribution >= 4 is 12.2 Å². The number of hydrogen-bond donors (Lipinski definition) is 0. The maximum atomic E-state index is 11.1. The molecule has 0 aliphatic heterocycles. The molecule has 4 heteroatoms. The normalized spacial score (nSPS) is 12.2. The third-order valence-electron chi connectivity index (χ3n) is 10.2. The summed E-state index contributed by atoms with van der Waals surface area (Å²) in [6.07, 6.45) is 48.0. The Labute approximate surface area is 281 Å². The van der Waals surface area contributed by atoms with E-state index in [9.17, 15) is 9.59 Å². The molecule has 0 aromatic rings. The summed E-state index contributed by atoms with van der Waals surface area (Å²) in [5.41, 5.74) is -0.263. The summed E-state index contributed by atoms with van der Waals surface area (Å²) in [4.78, 5) is 30.1. The van der Waals surface area contributed by atoms with Crippen molar-refractivity contribution in [1.29, 1.82) is 0 Å². The fraction of sp³-hybridized carbons (Fsp3) is 0.951. The Kier molecular flexibility index (Phi) is 34.6. The molecule has 0 spiro atoms. The first-order chi connectivity index (χ1) is 22.1. The third-order valence-corrected chi connectivity index (χ3v) is 10.2. The number of rotatable bonds is 37. The molecule has 4 nitrogen and oxygen atoms in total. The summed E-state index contributed by atoms with van der Waals surface area (Å²) in [6, 6.07) is 0. The Hall–Kier alpha value is -1.24. The molecule has 0 rings (SSSR count). The van der Waals surface area contributed by atoms with Crippen molar-refractivity contribution in [2.75, 3.05) is 0 Å². The zero-order chi connectivity index (χ0) is 32.9. The maximum absolute atomic E-state index is 11.1. The van der Waals surface area contributed by atoms with Crippen molar-refractivity contribution in [3.63, 3.8) is 0 Å². The minimum atomic E-state index is -0.639. The molecule has 45 heavy (non-hydrogen) atoms. The van der Waals surface area contributed by atoms with E-state index in [1.165, 1.54) is 193 Å². The lowest BCUT2D eigenvalue weighted by Crippen LogP contribution is -2.30. The van der Waals surface area contributed by atoms with Crippen LogP contribution >= 0.6 is 0 Å². The molecule has 0 saturated heterocycles. The van der Waals surface area contributed by atoms with Crippen molar-refractivity contribution in [3.05, 3.63) is 0 Å². The lowest BCUT2D eigenvalue weighted by Gasteiger charge is -2.32. The molecule has 0 bridgehead atoms. The standard InChI is InChI=1S/C41H78N2O2/c1-4-6-8-10-12-14-16-18-20-22-24-26-28-30-32-34-36-41(3,40(42-38-44)43-39-45)37-35-33-31-29-27-25-23-21-19-17-15-13-11-9-7-5-2/h40H,4-37H2,1-3H3.